The largest absolute Gasteiger partial charge is 0.419 e. The van der Waals surface area contributed by atoms with Gasteiger partial charge in [0.1, 0.15) is 17.5 Å². The van der Waals surface area contributed by atoms with Crippen molar-refractivity contribution in [2.75, 3.05) is 25.5 Å². The number of hydrogen-bond donors (Lipinski definition) is 2. The van der Waals surface area contributed by atoms with Crippen molar-refractivity contribution in [2.24, 2.45) is 5.41 Å². The van der Waals surface area contributed by atoms with Crippen molar-refractivity contribution in [1.29, 1.82) is 0 Å². The molecular weight excluding hydrogens is 528 g/mol. The normalized spacial score (nSPS) is 15.6. The molecule has 0 aliphatic carbocycles. The number of benzene rings is 1. The molecule has 2 aromatic heterocycles. The lowest BCUT2D eigenvalue weighted by Crippen LogP contribution is -2.50. The van der Waals surface area contributed by atoms with Crippen LogP contribution >= 0.6 is 0 Å². The van der Waals surface area contributed by atoms with Gasteiger partial charge in [-0.15, -0.1) is 0 Å². The van der Waals surface area contributed by atoms with Gasteiger partial charge in [-0.05, 0) is 57.9 Å². The third-order valence-electron chi connectivity index (χ3n) is 7.11. The van der Waals surface area contributed by atoms with E-state index in [4.69, 9.17) is 4.98 Å². The molecule has 8 nitrogen and oxygen atoms in total. The fourth-order valence-corrected chi connectivity index (χ4v) is 5.03. The highest BCUT2D eigenvalue weighted by atomic mass is 19.4. The van der Waals surface area contributed by atoms with Crippen LogP contribution in [0.4, 0.5) is 29.2 Å². The van der Waals surface area contributed by atoms with Crippen LogP contribution < -0.4 is 10.6 Å². The van der Waals surface area contributed by atoms with Crippen LogP contribution in [0.5, 0.6) is 0 Å². The third-order valence-corrected chi connectivity index (χ3v) is 7.11. The van der Waals surface area contributed by atoms with Crippen molar-refractivity contribution in [2.45, 2.75) is 51.7 Å². The number of hydrogen-bond acceptors (Lipinski definition) is 5. The standard InChI is InChI=1S/C28H32F4N6O2/c1-26(2,3)38-22(11-14-34-38)36-21-10-5-7-18(35-21)17-27(25(40)33-4)12-15-37(16-13-27)24(39)19-8-6-9-20(23(19)29)28(30,31)32/h5-11,14H,12-13,15-17H2,1-4H3,(H,33,40)(H,35,36). The van der Waals surface area contributed by atoms with Crippen LogP contribution in [0.3, 0.4) is 0 Å². The Bertz CT molecular complexity index is 1390. The van der Waals surface area contributed by atoms with Crippen molar-refractivity contribution in [3.8, 4) is 0 Å². The predicted molar refractivity (Wildman–Crippen MR) is 141 cm³/mol. The molecule has 1 fully saturated rings. The number of nitrogens with zero attached hydrogens (tertiary/aromatic N) is 4. The second-order valence-corrected chi connectivity index (χ2v) is 10.9. The van der Waals surface area contributed by atoms with E-state index in [2.05, 4.69) is 15.7 Å². The Hall–Kier alpha value is -3.96. The van der Waals surface area contributed by atoms with Gasteiger partial charge in [0.15, 0.2) is 0 Å². The van der Waals surface area contributed by atoms with Crippen LogP contribution in [0.15, 0.2) is 48.7 Å². The molecular formula is C28H32F4N6O2. The number of rotatable bonds is 6. The minimum atomic E-state index is -4.92. The average molecular weight is 561 g/mol. The van der Waals surface area contributed by atoms with Crippen LogP contribution in [0.25, 0.3) is 0 Å². The summed E-state index contributed by atoms with van der Waals surface area (Å²) in [5.41, 5.74) is -2.64. The molecule has 1 aliphatic heterocycles. The first-order valence-electron chi connectivity index (χ1n) is 12.9. The number of carbonyl (C=O) groups is 2. The first-order valence-corrected chi connectivity index (χ1v) is 12.9. The number of amides is 2. The summed E-state index contributed by atoms with van der Waals surface area (Å²) in [7, 11) is 1.53. The molecule has 40 heavy (non-hydrogen) atoms. The van der Waals surface area contributed by atoms with Gasteiger partial charge in [0.2, 0.25) is 5.91 Å². The lowest BCUT2D eigenvalue weighted by molar-refractivity contribution is -0.140. The second-order valence-electron chi connectivity index (χ2n) is 10.9. The lowest BCUT2D eigenvalue weighted by atomic mass is 9.73. The van der Waals surface area contributed by atoms with Gasteiger partial charge in [-0.25, -0.2) is 14.1 Å². The Morgan fingerprint density at radius 1 is 1.02 bits per heavy atom. The second kappa shape index (κ2) is 10.9. The molecule has 0 radical (unpaired) electrons. The molecule has 0 saturated carbocycles. The smallest absolute Gasteiger partial charge is 0.359 e. The van der Waals surface area contributed by atoms with E-state index < -0.39 is 34.4 Å². The molecule has 1 saturated heterocycles. The Kier molecular flexibility index (Phi) is 7.91. The molecule has 2 N–H and O–H groups in total. The summed E-state index contributed by atoms with van der Waals surface area (Å²) < 4.78 is 55.9. The molecule has 3 heterocycles. The highest BCUT2D eigenvalue weighted by Crippen LogP contribution is 2.37. The quantitative estimate of drug-likeness (QED) is 0.407. The van der Waals surface area contributed by atoms with Gasteiger partial charge in [-0.1, -0.05) is 12.1 Å². The number of piperidine rings is 1. The van der Waals surface area contributed by atoms with E-state index in [9.17, 15) is 27.2 Å². The number of halogens is 4. The van der Waals surface area contributed by atoms with E-state index in [-0.39, 0.29) is 43.8 Å². The maximum absolute atomic E-state index is 14.6. The molecule has 0 unspecified atom stereocenters. The third kappa shape index (κ3) is 5.95. The van der Waals surface area contributed by atoms with E-state index in [0.29, 0.717) is 17.6 Å². The van der Waals surface area contributed by atoms with Gasteiger partial charge in [0.05, 0.1) is 28.3 Å². The Labute approximate surface area is 229 Å². The molecule has 2 amide bonds. The van der Waals surface area contributed by atoms with Crippen molar-refractivity contribution in [1.82, 2.24) is 25.0 Å². The molecule has 12 heteroatoms. The minimum absolute atomic E-state index is 0.0741. The number of nitrogens with one attached hydrogen (secondary N) is 2. The number of anilines is 2. The van der Waals surface area contributed by atoms with Crippen LogP contribution in [0, 0.1) is 11.2 Å². The molecule has 4 rings (SSSR count). The van der Waals surface area contributed by atoms with Crippen LogP contribution in [-0.2, 0) is 22.9 Å². The SMILES string of the molecule is CNC(=O)C1(Cc2cccc(Nc3ccnn3C(C)(C)C)n2)CCN(C(=O)c2cccc(C(F)(F)F)c2F)CC1. The van der Waals surface area contributed by atoms with E-state index in [1.807, 2.05) is 43.7 Å². The van der Waals surface area contributed by atoms with Gasteiger partial charge >= 0.3 is 6.18 Å². The van der Waals surface area contributed by atoms with Crippen molar-refractivity contribution < 1.29 is 27.2 Å². The number of likely N-dealkylation sites (tertiary alicyclic amines) is 1. The molecule has 0 spiro atoms. The van der Waals surface area contributed by atoms with Gasteiger partial charge in [0.25, 0.3) is 5.91 Å². The number of alkyl halides is 3. The molecule has 0 bridgehead atoms. The predicted octanol–water partition coefficient (Wildman–Crippen LogP) is 5.15. The lowest BCUT2D eigenvalue weighted by Gasteiger charge is -2.40. The summed E-state index contributed by atoms with van der Waals surface area (Å²) in [4.78, 5) is 32.1. The fourth-order valence-electron chi connectivity index (χ4n) is 5.03. The van der Waals surface area contributed by atoms with E-state index in [1.165, 1.54) is 11.9 Å². The van der Waals surface area contributed by atoms with E-state index >= 15 is 0 Å². The average Bonchev–Trinajstić information content (AvgIpc) is 3.37. The monoisotopic (exact) mass is 560 g/mol. The maximum atomic E-state index is 14.6. The van der Waals surface area contributed by atoms with Crippen LogP contribution in [0.1, 0.15) is 55.2 Å². The summed E-state index contributed by atoms with van der Waals surface area (Å²) in [5, 5.41) is 10.3. The zero-order valence-electron chi connectivity index (χ0n) is 22.8. The van der Waals surface area contributed by atoms with E-state index in [1.54, 1.807) is 12.3 Å². The summed E-state index contributed by atoms with van der Waals surface area (Å²) in [6.07, 6.45) is -2.48. The van der Waals surface area contributed by atoms with Gasteiger partial charge < -0.3 is 15.5 Å². The molecule has 0 atom stereocenters. The highest BCUT2D eigenvalue weighted by molar-refractivity contribution is 5.95. The molecule has 1 aliphatic rings. The first-order chi connectivity index (χ1) is 18.7. The van der Waals surface area contributed by atoms with Crippen LogP contribution in [0.2, 0.25) is 0 Å². The number of aromatic nitrogens is 3. The Morgan fingerprint density at radius 2 is 1.70 bits per heavy atom. The van der Waals surface area contributed by atoms with Crippen molar-refractivity contribution in [3.05, 3.63) is 71.3 Å². The zero-order valence-corrected chi connectivity index (χ0v) is 22.8. The topological polar surface area (TPSA) is 92.2 Å². The number of pyridine rings is 1. The first kappa shape index (κ1) is 29.0. The molecule has 214 valence electrons. The highest BCUT2D eigenvalue weighted by Gasteiger charge is 2.43. The fraction of sp³-hybridized carbons (Fsp3) is 0.429. The molecule has 3 aromatic rings. The van der Waals surface area contributed by atoms with Crippen LogP contribution in [-0.4, -0.2) is 51.6 Å². The van der Waals surface area contributed by atoms with E-state index in [0.717, 1.165) is 18.0 Å². The van der Waals surface area contributed by atoms with Gasteiger partial charge in [0, 0.05) is 38.3 Å². The molecule has 1 aromatic carbocycles. The summed E-state index contributed by atoms with van der Waals surface area (Å²) in [6, 6.07) is 9.94. The van der Waals surface area contributed by atoms with Gasteiger partial charge in [-0.3, -0.25) is 9.59 Å². The maximum Gasteiger partial charge on any atom is 0.419 e. The zero-order chi connectivity index (χ0) is 29.3. The summed E-state index contributed by atoms with van der Waals surface area (Å²) in [5.74, 6) is -1.33. The Morgan fingerprint density at radius 3 is 2.33 bits per heavy atom. The van der Waals surface area contributed by atoms with Gasteiger partial charge in [-0.2, -0.15) is 18.3 Å². The number of carbonyl (C=O) groups excluding carboxylic acids is 2. The van der Waals surface area contributed by atoms with Crippen molar-refractivity contribution in [3.63, 3.8) is 0 Å². The summed E-state index contributed by atoms with van der Waals surface area (Å²) >= 11 is 0. The minimum Gasteiger partial charge on any atom is -0.359 e. The Balaban J connectivity index is 1.52. The van der Waals surface area contributed by atoms with Crippen molar-refractivity contribution >= 4 is 23.5 Å². The summed E-state index contributed by atoms with van der Waals surface area (Å²) in [6.45, 7) is 6.23.